The van der Waals surface area contributed by atoms with E-state index in [4.69, 9.17) is 10.00 Å². The minimum absolute atomic E-state index is 0.104. The summed E-state index contributed by atoms with van der Waals surface area (Å²) in [4.78, 5) is 0. The lowest BCUT2D eigenvalue weighted by Crippen LogP contribution is -2.21. The van der Waals surface area contributed by atoms with Crippen LogP contribution in [-0.4, -0.2) is 12.7 Å². The summed E-state index contributed by atoms with van der Waals surface area (Å²) in [7, 11) is 0. The monoisotopic (exact) mass is 153 g/mol. The van der Waals surface area contributed by atoms with Gasteiger partial charge in [-0.05, 0) is 20.8 Å². The summed E-state index contributed by atoms with van der Waals surface area (Å²) in [6.45, 7) is 10.0. The summed E-state index contributed by atoms with van der Waals surface area (Å²) in [5.41, 5.74) is 0.918. The van der Waals surface area contributed by atoms with Gasteiger partial charge in [0.1, 0.15) is 0 Å². The van der Waals surface area contributed by atoms with E-state index in [9.17, 15) is 0 Å². The molecule has 0 spiro atoms. The highest BCUT2D eigenvalue weighted by atomic mass is 16.5. The molecule has 0 aliphatic carbocycles. The van der Waals surface area contributed by atoms with Crippen molar-refractivity contribution in [2.75, 3.05) is 6.61 Å². The Morgan fingerprint density at radius 2 is 2.27 bits per heavy atom. The smallest absolute Gasteiger partial charge is 0.0934 e. The summed E-state index contributed by atoms with van der Waals surface area (Å²) in [6.07, 6.45) is -0.106. The molecule has 2 heteroatoms. The molecule has 0 rings (SSSR count). The number of rotatable bonds is 4. The molecule has 0 aromatic carbocycles. The quantitative estimate of drug-likeness (QED) is 0.579. The first-order valence-electron chi connectivity index (χ1n) is 3.80. The molecule has 0 aromatic heterocycles. The fourth-order valence-electron chi connectivity index (χ4n) is 0.961. The van der Waals surface area contributed by atoms with E-state index in [0.717, 1.165) is 5.57 Å². The zero-order valence-corrected chi connectivity index (χ0v) is 7.42. The minimum atomic E-state index is -0.106. The summed E-state index contributed by atoms with van der Waals surface area (Å²) < 4.78 is 5.33. The van der Waals surface area contributed by atoms with Gasteiger partial charge in [-0.15, -0.1) is 0 Å². The van der Waals surface area contributed by atoms with Crippen LogP contribution in [0, 0.1) is 17.2 Å². The largest absolute Gasteiger partial charge is 0.373 e. The van der Waals surface area contributed by atoms with E-state index < -0.39 is 0 Å². The molecule has 2 nitrogen and oxygen atoms in total. The Morgan fingerprint density at radius 1 is 1.73 bits per heavy atom. The van der Waals surface area contributed by atoms with Gasteiger partial charge in [0.2, 0.25) is 0 Å². The van der Waals surface area contributed by atoms with Crippen molar-refractivity contribution >= 4 is 0 Å². The van der Waals surface area contributed by atoms with Crippen molar-refractivity contribution in [2.45, 2.75) is 26.9 Å². The van der Waals surface area contributed by atoms with Crippen molar-refractivity contribution in [3.05, 3.63) is 12.2 Å². The van der Waals surface area contributed by atoms with Gasteiger partial charge in [0, 0.05) is 6.61 Å². The standard InChI is InChI=1S/C9H15NO/c1-5-11-9(7(2)3)8(4)6-10/h8-9H,2,5H2,1,3-4H3/t8-,9-/m0/s1. The normalized spacial score (nSPS) is 15.1. The third kappa shape index (κ3) is 3.20. The summed E-state index contributed by atoms with van der Waals surface area (Å²) >= 11 is 0. The highest BCUT2D eigenvalue weighted by Gasteiger charge is 2.16. The Bertz CT molecular complexity index is 169. The Morgan fingerprint density at radius 3 is 2.55 bits per heavy atom. The van der Waals surface area contributed by atoms with Crippen molar-refractivity contribution in [3.8, 4) is 6.07 Å². The van der Waals surface area contributed by atoms with Crippen molar-refractivity contribution in [2.24, 2.45) is 5.92 Å². The molecule has 11 heavy (non-hydrogen) atoms. The van der Waals surface area contributed by atoms with E-state index in [1.807, 2.05) is 20.8 Å². The number of ether oxygens (including phenoxy) is 1. The van der Waals surface area contributed by atoms with Crippen LogP contribution in [0.5, 0.6) is 0 Å². The van der Waals surface area contributed by atoms with E-state index in [1.54, 1.807) is 0 Å². The molecule has 0 radical (unpaired) electrons. The van der Waals surface area contributed by atoms with Crippen molar-refractivity contribution in [1.82, 2.24) is 0 Å². The van der Waals surface area contributed by atoms with Gasteiger partial charge in [-0.3, -0.25) is 0 Å². The van der Waals surface area contributed by atoms with E-state index in [2.05, 4.69) is 12.6 Å². The van der Waals surface area contributed by atoms with Gasteiger partial charge in [0.05, 0.1) is 18.1 Å². The van der Waals surface area contributed by atoms with Gasteiger partial charge < -0.3 is 4.74 Å². The Hall–Kier alpha value is -0.810. The zero-order chi connectivity index (χ0) is 8.85. The maximum absolute atomic E-state index is 8.61. The Kier molecular flexibility index (Phi) is 4.56. The average Bonchev–Trinajstić information content (AvgIpc) is 1.98. The molecular weight excluding hydrogens is 138 g/mol. The predicted octanol–water partition coefficient (Wildman–Crippen LogP) is 2.13. The third-order valence-corrected chi connectivity index (χ3v) is 1.49. The molecule has 2 atom stereocenters. The summed E-state index contributed by atoms with van der Waals surface area (Å²) in [5, 5.41) is 8.61. The SMILES string of the molecule is C=C(C)[C@H](OCC)[C@@H](C)C#N. The average molecular weight is 153 g/mol. The maximum Gasteiger partial charge on any atom is 0.0934 e. The first-order chi connectivity index (χ1) is 5.13. The van der Waals surface area contributed by atoms with Crippen molar-refractivity contribution in [1.29, 1.82) is 5.26 Å². The van der Waals surface area contributed by atoms with Crippen LogP contribution in [0.4, 0.5) is 0 Å². The van der Waals surface area contributed by atoms with Crippen LogP contribution in [-0.2, 0) is 4.74 Å². The second-order valence-corrected chi connectivity index (χ2v) is 2.64. The first kappa shape index (κ1) is 10.2. The van der Waals surface area contributed by atoms with Crippen molar-refractivity contribution in [3.63, 3.8) is 0 Å². The van der Waals surface area contributed by atoms with Gasteiger partial charge in [0.15, 0.2) is 0 Å². The lowest BCUT2D eigenvalue weighted by Gasteiger charge is -2.18. The van der Waals surface area contributed by atoms with Gasteiger partial charge in [-0.1, -0.05) is 12.2 Å². The minimum Gasteiger partial charge on any atom is -0.373 e. The molecule has 0 aliphatic rings. The summed E-state index contributed by atoms with van der Waals surface area (Å²) in [5.74, 6) is -0.104. The molecule has 0 unspecified atom stereocenters. The lowest BCUT2D eigenvalue weighted by molar-refractivity contribution is 0.0667. The highest BCUT2D eigenvalue weighted by molar-refractivity contribution is 5.05. The Labute approximate surface area is 68.5 Å². The van der Waals surface area contributed by atoms with Crippen molar-refractivity contribution < 1.29 is 4.74 Å². The zero-order valence-electron chi connectivity index (χ0n) is 7.42. The molecule has 0 aliphatic heterocycles. The van der Waals surface area contributed by atoms with E-state index in [0.29, 0.717) is 6.61 Å². The van der Waals surface area contributed by atoms with Crippen LogP contribution in [0.25, 0.3) is 0 Å². The molecule has 0 fully saturated rings. The van der Waals surface area contributed by atoms with E-state index >= 15 is 0 Å². The molecular formula is C9H15NO. The molecule has 0 N–H and O–H groups in total. The predicted molar refractivity (Wildman–Crippen MR) is 45.0 cm³/mol. The first-order valence-corrected chi connectivity index (χ1v) is 3.80. The van der Waals surface area contributed by atoms with E-state index in [1.165, 1.54) is 0 Å². The number of nitrogens with zero attached hydrogens (tertiary/aromatic N) is 1. The van der Waals surface area contributed by atoms with Gasteiger partial charge >= 0.3 is 0 Å². The molecule has 0 aromatic rings. The fraction of sp³-hybridized carbons (Fsp3) is 0.667. The van der Waals surface area contributed by atoms with Crippen LogP contribution in [0.3, 0.4) is 0 Å². The van der Waals surface area contributed by atoms with Gasteiger partial charge in [0.25, 0.3) is 0 Å². The molecule has 62 valence electrons. The molecule has 0 saturated heterocycles. The fourth-order valence-corrected chi connectivity index (χ4v) is 0.961. The molecule has 0 heterocycles. The maximum atomic E-state index is 8.61. The number of hydrogen-bond donors (Lipinski definition) is 0. The van der Waals surface area contributed by atoms with Gasteiger partial charge in [-0.2, -0.15) is 5.26 Å². The van der Waals surface area contributed by atoms with Crippen LogP contribution >= 0.6 is 0 Å². The second-order valence-electron chi connectivity index (χ2n) is 2.64. The molecule has 0 amide bonds. The molecule has 0 bridgehead atoms. The second kappa shape index (κ2) is 4.92. The third-order valence-electron chi connectivity index (χ3n) is 1.49. The lowest BCUT2D eigenvalue weighted by atomic mass is 10.0. The van der Waals surface area contributed by atoms with Gasteiger partial charge in [-0.25, -0.2) is 0 Å². The van der Waals surface area contributed by atoms with E-state index in [-0.39, 0.29) is 12.0 Å². The van der Waals surface area contributed by atoms with Crippen LogP contribution in [0.15, 0.2) is 12.2 Å². The highest BCUT2D eigenvalue weighted by Crippen LogP contribution is 2.13. The molecule has 0 saturated carbocycles. The number of nitriles is 1. The topological polar surface area (TPSA) is 33.0 Å². The van der Waals surface area contributed by atoms with Crippen LogP contribution in [0.1, 0.15) is 20.8 Å². The van der Waals surface area contributed by atoms with Crippen LogP contribution in [0.2, 0.25) is 0 Å². The summed E-state index contributed by atoms with van der Waals surface area (Å²) in [6, 6.07) is 2.15. The number of hydrogen-bond acceptors (Lipinski definition) is 2. The Balaban J connectivity index is 4.12. The van der Waals surface area contributed by atoms with Crippen LogP contribution < -0.4 is 0 Å².